The normalized spacial score (nSPS) is 10.4. The van der Waals surface area contributed by atoms with Crippen LogP contribution in [0.25, 0.3) is 0 Å². The summed E-state index contributed by atoms with van der Waals surface area (Å²) >= 11 is 2.77. The number of ether oxygens (including phenoxy) is 1. The van der Waals surface area contributed by atoms with Gasteiger partial charge in [0.1, 0.15) is 16.8 Å². The third-order valence-electron chi connectivity index (χ3n) is 3.82. The van der Waals surface area contributed by atoms with Gasteiger partial charge < -0.3 is 10.1 Å². The molecule has 0 amide bonds. The van der Waals surface area contributed by atoms with Crippen molar-refractivity contribution in [1.82, 2.24) is 9.97 Å². The first kappa shape index (κ1) is 20.0. The molecule has 8 heteroatoms. The maximum absolute atomic E-state index is 8.65. The van der Waals surface area contributed by atoms with E-state index in [0.29, 0.717) is 11.7 Å². The second-order valence-electron chi connectivity index (χ2n) is 5.93. The molecule has 0 fully saturated rings. The average Bonchev–Trinajstić information content (AvgIpc) is 2.70. The van der Waals surface area contributed by atoms with Crippen LogP contribution in [0.15, 0.2) is 63.5 Å². The molecular weight excluding hydrogens is 390 g/mol. The first-order valence-electron chi connectivity index (χ1n) is 8.45. The van der Waals surface area contributed by atoms with Crippen molar-refractivity contribution in [1.29, 1.82) is 5.26 Å². The Bertz CT molecular complexity index is 1000. The molecule has 28 heavy (non-hydrogen) atoms. The third-order valence-corrected chi connectivity index (χ3v) is 5.47. The van der Waals surface area contributed by atoms with Gasteiger partial charge in [0.05, 0.1) is 0 Å². The Kier molecular flexibility index (Phi) is 6.76. The van der Waals surface area contributed by atoms with Crippen LogP contribution >= 0.6 is 23.7 Å². The van der Waals surface area contributed by atoms with E-state index in [0.717, 1.165) is 31.6 Å². The van der Waals surface area contributed by atoms with Crippen molar-refractivity contribution in [3.63, 3.8) is 0 Å². The van der Waals surface area contributed by atoms with Gasteiger partial charge >= 0.3 is 0 Å². The molecule has 0 spiro atoms. The highest BCUT2D eigenvalue weighted by Gasteiger charge is 2.09. The Balaban J connectivity index is 1.76. The Hall–Kier alpha value is -2.73. The summed E-state index contributed by atoms with van der Waals surface area (Å²) in [5, 5.41) is 18.3. The van der Waals surface area contributed by atoms with E-state index in [9.17, 15) is 0 Å². The zero-order chi connectivity index (χ0) is 19.9. The highest BCUT2D eigenvalue weighted by atomic mass is 32.2. The van der Waals surface area contributed by atoms with Crippen LogP contribution in [-0.2, 0) is 0 Å². The van der Waals surface area contributed by atoms with Crippen LogP contribution in [0.1, 0.15) is 11.1 Å². The minimum Gasteiger partial charge on any atom is -0.478 e. The number of aromatic nitrogens is 2. The van der Waals surface area contributed by atoms with Gasteiger partial charge in [0.15, 0.2) is 6.61 Å². The lowest BCUT2D eigenvalue weighted by Gasteiger charge is -2.11. The number of nitriles is 1. The number of anilines is 2. The third kappa shape index (κ3) is 5.16. The van der Waals surface area contributed by atoms with Crippen LogP contribution in [0.5, 0.6) is 5.75 Å². The summed E-state index contributed by atoms with van der Waals surface area (Å²) in [4.78, 5) is 11.0. The minimum atomic E-state index is 0.0400. The van der Waals surface area contributed by atoms with E-state index in [1.54, 1.807) is 18.0 Å². The van der Waals surface area contributed by atoms with E-state index in [4.69, 9.17) is 15.1 Å². The molecule has 0 bridgehead atoms. The predicted molar refractivity (Wildman–Crippen MR) is 113 cm³/mol. The van der Waals surface area contributed by atoms with Gasteiger partial charge in [0.2, 0.25) is 5.95 Å². The second kappa shape index (κ2) is 9.46. The zero-order valence-electron chi connectivity index (χ0n) is 15.5. The molecule has 0 saturated carbocycles. The number of nitrogens with two attached hydrogens (primary N) is 1. The van der Waals surface area contributed by atoms with Crippen LogP contribution in [0.3, 0.4) is 0 Å². The van der Waals surface area contributed by atoms with Gasteiger partial charge in [-0.1, -0.05) is 11.8 Å². The monoisotopic (exact) mass is 409 g/mol. The lowest BCUT2D eigenvalue weighted by molar-refractivity contribution is 0.365. The molecule has 0 saturated heterocycles. The summed E-state index contributed by atoms with van der Waals surface area (Å²) in [5.74, 6) is 1.25. The van der Waals surface area contributed by atoms with Crippen molar-refractivity contribution in [2.24, 2.45) is 5.14 Å². The number of hydrogen-bond acceptors (Lipinski definition) is 8. The van der Waals surface area contributed by atoms with Crippen LogP contribution in [0, 0.1) is 25.2 Å². The SMILES string of the molecule is Cc1cc(Sc2nc(Nc3ccc(SN)cc3)ncc2C)ccc1OCC#N. The average molecular weight is 410 g/mol. The summed E-state index contributed by atoms with van der Waals surface area (Å²) < 4.78 is 5.40. The van der Waals surface area contributed by atoms with Crippen LogP contribution in [0.4, 0.5) is 11.6 Å². The largest absolute Gasteiger partial charge is 0.478 e. The van der Waals surface area contributed by atoms with Crippen molar-refractivity contribution in [3.8, 4) is 11.8 Å². The lowest BCUT2D eigenvalue weighted by atomic mass is 10.2. The highest BCUT2D eigenvalue weighted by Crippen LogP contribution is 2.32. The number of rotatable bonds is 7. The standard InChI is InChI=1S/C20H19N5OS2/c1-13-11-17(7-8-18(13)26-10-9-21)27-19-14(2)12-23-20(25-19)24-15-3-5-16(28-22)6-4-15/h3-8,11-12H,10,22H2,1-2H3,(H,23,24,25). The molecule has 3 rings (SSSR count). The molecule has 0 aliphatic rings. The number of benzene rings is 2. The van der Waals surface area contributed by atoms with E-state index < -0.39 is 0 Å². The van der Waals surface area contributed by atoms with Crippen molar-refractivity contribution in [3.05, 3.63) is 59.8 Å². The van der Waals surface area contributed by atoms with Gasteiger partial charge in [-0.15, -0.1) is 0 Å². The second-order valence-corrected chi connectivity index (χ2v) is 7.69. The molecule has 0 atom stereocenters. The Labute approximate surface area is 172 Å². The smallest absolute Gasteiger partial charge is 0.228 e. The molecule has 0 aliphatic carbocycles. The summed E-state index contributed by atoms with van der Waals surface area (Å²) in [6.07, 6.45) is 1.80. The molecule has 3 N–H and O–H groups in total. The molecule has 142 valence electrons. The van der Waals surface area contributed by atoms with E-state index in [2.05, 4.69) is 15.3 Å². The van der Waals surface area contributed by atoms with Gasteiger partial charge in [-0.25, -0.2) is 9.97 Å². The Morgan fingerprint density at radius 3 is 2.54 bits per heavy atom. The summed E-state index contributed by atoms with van der Waals surface area (Å²) in [5.41, 5.74) is 2.86. The van der Waals surface area contributed by atoms with Crippen molar-refractivity contribution < 1.29 is 4.74 Å². The maximum atomic E-state index is 8.65. The number of nitrogens with zero attached hydrogens (tertiary/aromatic N) is 3. The first-order chi connectivity index (χ1) is 13.6. The van der Waals surface area contributed by atoms with Gasteiger partial charge in [0, 0.05) is 27.2 Å². The maximum Gasteiger partial charge on any atom is 0.228 e. The minimum absolute atomic E-state index is 0.0400. The molecule has 6 nitrogen and oxygen atoms in total. The van der Waals surface area contributed by atoms with Gasteiger partial charge in [-0.3, -0.25) is 5.14 Å². The quantitative estimate of drug-likeness (QED) is 0.422. The Morgan fingerprint density at radius 2 is 1.86 bits per heavy atom. The fourth-order valence-electron chi connectivity index (χ4n) is 2.40. The van der Waals surface area contributed by atoms with Gasteiger partial charge in [-0.05, 0) is 73.8 Å². The molecule has 0 unspecified atom stereocenters. The van der Waals surface area contributed by atoms with Crippen LogP contribution < -0.4 is 15.2 Å². The van der Waals surface area contributed by atoms with Gasteiger partial charge in [0.25, 0.3) is 0 Å². The van der Waals surface area contributed by atoms with E-state index in [1.165, 1.54) is 11.9 Å². The fourth-order valence-corrected chi connectivity index (χ4v) is 3.64. The molecule has 1 heterocycles. The van der Waals surface area contributed by atoms with Crippen LogP contribution in [0.2, 0.25) is 0 Å². The van der Waals surface area contributed by atoms with E-state index in [-0.39, 0.29) is 6.61 Å². The highest BCUT2D eigenvalue weighted by molar-refractivity contribution is 7.99. The van der Waals surface area contributed by atoms with E-state index >= 15 is 0 Å². The predicted octanol–water partition coefficient (Wildman–Crippen LogP) is 4.86. The molecule has 2 aromatic carbocycles. The summed E-state index contributed by atoms with van der Waals surface area (Å²) in [6.45, 7) is 3.98. The topological polar surface area (TPSA) is 96.8 Å². The lowest BCUT2D eigenvalue weighted by Crippen LogP contribution is -1.99. The van der Waals surface area contributed by atoms with Crippen molar-refractivity contribution in [2.75, 3.05) is 11.9 Å². The van der Waals surface area contributed by atoms with Gasteiger partial charge in [-0.2, -0.15) is 5.26 Å². The fraction of sp³-hybridized carbons (Fsp3) is 0.150. The summed E-state index contributed by atoms with van der Waals surface area (Å²) in [7, 11) is 0. The number of aryl methyl sites for hydroxylation is 2. The number of nitrogens with one attached hydrogen (secondary N) is 1. The zero-order valence-corrected chi connectivity index (χ0v) is 17.1. The number of hydrogen-bond donors (Lipinski definition) is 2. The molecule has 3 aromatic rings. The molecule has 1 aromatic heterocycles. The van der Waals surface area contributed by atoms with Crippen molar-refractivity contribution in [2.45, 2.75) is 28.7 Å². The summed E-state index contributed by atoms with van der Waals surface area (Å²) in [6, 6.07) is 15.6. The van der Waals surface area contributed by atoms with Crippen molar-refractivity contribution >= 4 is 35.3 Å². The Morgan fingerprint density at radius 1 is 1.11 bits per heavy atom. The first-order valence-corrected chi connectivity index (χ1v) is 10.1. The molecule has 0 radical (unpaired) electrons. The van der Waals surface area contributed by atoms with Crippen LogP contribution in [-0.4, -0.2) is 16.6 Å². The molecule has 0 aliphatic heterocycles. The molecular formula is C20H19N5OS2. The van der Waals surface area contributed by atoms with E-state index in [1.807, 2.05) is 62.4 Å².